The van der Waals surface area contributed by atoms with Crippen LogP contribution in [0.3, 0.4) is 0 Å². The molecule has 0 spiro atoms. The number of likely N-dealkylation sites (N-methyl/N-ethyl adjacent to an activating group) is 1. The van der Waals surface area contributed by atoms with Gasteiger partial charge in [0.05, 0.1) is 5.56 Å². The van der Waals surface area contributed by atoms with E-state index in [1.54, 1.807) is 14.0 Å². The van der Waals surface area contributed by atoms with Crippen LogP contribution in [0.4, 0.5) is 13.2 Å². The Balaban J connectivity index is 2.87. The first-order valence-electron chi connectivity index (χ1n) is 4.92. The molecule has 1 aromatic rings. The van der Waals surface area contributed by atoms with Crippen LogP contribution in [0.1, 0.15) is 12.5 Å². The third-order valence-corrected chi connectivity index (χ3v) is 2.01. The molecule has 1 atom stereocenters. The molecule has 0 amide bonds. The Morgan fingerprint density at radius 1 is 1.31 bits per heavy atom. The molecule has 0 bridgehead atoms. The molecule has 0 saturated carbocycles. The van der Waals surface area contributed by atoms with Crippen molar-refractivity contribution in [2.45, 2.75) is 19.2 Å². The molecule has 2 nitrogen and oxygen atoms in total. The molecule has 1 rings (SSSR count). The molecule has 0 aromatic heterocycles. The van der Waals surface area contributed by atoms with Gasteiger partial charge in [-0.1, -0.05) is 12.1 Å². The summed E-state index contributed by atoms with van der Waals surface area (Å²) < 4.78 is 43.0. The second-order valence-electron chi connectivity index (χ2n) is 3.48. The van der Waals surface area contributed by atoms with Crippen LogP contribution in [0.25, 0.3) is 0 Å². The zero-order valence-electron chi connectivity index (χ0n) is 9.14. The van der Waals surface area contributed by atoms with Gasteiger partial charge in [-0.25, -0.2) is 0 Å². The van der Waals surface area contributed by atoms with E-state index in [1.165, 1.54) is 18.2 Å². The number of nitrogens with one attached hydrogen (secondary N) is 1. The minimum atomic E-state index is -4.38. The Hall–Kier alpha value is -1.23. The minimum Gasteiger partial charge on any atom is -0.489 e. The minimum absolute atomic E-state index is 0.127. The average Bonchev–Trinajstić information content (AvgIpc) is 2.17. The summed E-state index contributed by atoms with van der Waals surface area (Å²) in [4.78, 5) is 0. The van der Waals surface area contributed by atoms with Crippen LogP contribution in [0.2, 0.25) is 0 Å². The summed E-state index contributed by atoms with van der Waals surface area (Å²) in [6.07, 6.45) is -4.69. The van der Waals surface area contributed by atoms with Crippen LogP contribution >= 0.6 is 0 Å². The Bertz CT molecular complexity index is 338. The second kappa shape index (κ2) is 5.21. The van der Waals surface area contributed by atoms with E-state index in [0.29, 0.717) is 6.54 Å². The van der Waals surface area contributed by atoms with Crippen LogP contribution in [0, 0.1) is 0 Å². The normalized spacial score (nSPS) is 13.6. The van der Waals surface area contributed by atoms with Crippen LogP contribution in [0.15, 0.2) is 24.3 Å². The van der Waals surface area contributed by atoms with Gasteiger partial charge in [-0.15, -0.1) is 0 Å². The number of para-hydroxylation sites is 1. The van der Waals surface area contributed by atoms with Crippen molar-refractivity contribution in [3.8, 4) is 5.75 Å². The molecule has 16 heavy (non-hydrogen) atoms. The fraction of sp³-hybridized carbons (Fsp3) is 0.455. The van der Waals surface area contributed by atoms with E-state index >= 15 is 0 Å². The highest BCUT2D eigenvalue weighted by atomic mass is 19.4. The van der Waals surface area contributed by atoms with Gasteiger partial charge < -0.3 is 10.1 Å². The third kappa shape index (κ3) is 3.41. The van der Waals surface area contributed by atoms with Crippen LogP contribution in [-0.2, 0) is 6.18 Å². The van der Waals surface area contributed by atoms with Gasteiger partial charge in [0.1, 0.15) is 11.9 Å². The molecular weight excluding hydrogens is 219 g/mol. The quantitative estimate of drug-likeness (QED) is 0.863. The summed E-state index contributed by atoms with van der Waals surface area (Å²) in [7, 11) is 1.72. The van der Waals surface area contributed by atoms with E-state index in [9.17, 15) is 13.2 Å². The second-order valence-corrected chi connectivity index (χ2v) is 3.48. The number of rotatable bonds is 4. The van der Waals surface area contributed by atoms with Gasteiger partial charge in [-0.3, -0.25) is 0 Å². The Labute approximate surface area is 92.4 Å². The molecule has 0 aliphatic carbocycles. The molecule has 1 aromatic carbocycles. The van der Waals surface area contributed by atoms with Crippen molar-refractivity contribution in [1.29, 1.82) is 0 Å². The molecule has 0 heterocycles. The van der Waals surface area contributed by atoms with Crippen molar-refractivity contribution in [1.82, 2.24) is 5.32 Å². The molecule has 0 fully saturated rings. The number of hydrogen-bond donors (Lipinski definition) is 1. The average molecular weight is 233 g/mol. The van der Waals surface area contributed by atoms with Crippen LogP contribution in [0.5, 0.6) is 5.75 Å². The number of benzene rings is 1. The summed E-state index contributed by atoms with van der Waals surface area (Å²) in [5, 5.41) is 2.84. The predicted molar refractivity (Wildman–Crippen MR) is 55.5 cm³/mol. The lowest BCUT2D eigenvalue weighted by Crippen LogP contribution is -2.26. The van der Waals surface area contributed by atoms with Gasteiger partial charge in [0.25, 0.3) is 0 Å². The first-order valence-corrected chi connectivity index (χ1v) is 4.92. The van der Waals surface area contributed by atoms with E-state index in [2.05, 4.69) is 5.32 Å². The van der Waals surface area contributed by atoms with Crippen molar-refractivity contribution in [2.24, 2.45) is 0 Å². The molecular formula is C11H14F3NO. The first kappa shape index (κ1) is 12.8. The topological polar surface area (TPSA) is 21.3 Å². The maximum atomic E-state index is 12.6. The molecule has 0 aliphatic heterocycles. The molecule has 5 heteroatoms. The first-order chi connectivity index (χ1) is 7.45. The maximum absolute atomic E-state index is 12.6. The van der Waals surface area contributed by atoms with Crippen molar-refractivity contribution in [3.05, 3.63) is 29.8 Å². The highest BCUT2D eigenvalue weighted by molar-refractivity contribution is 5.35. The smallest absolute Gasteiger partial charge is 0.419 e. The summed E-state index contributed by atoms with van der Waals surface area (Å²) in [6, 6.07) is 5.21. The van der Waals surface area contributed by atoms with Gasteiger partial charge in [0.15, 0.2) is 0 Å². The summed E-state index contributed by atoms with van der Waals surface area (Å²) in [5.74, 6) is -0.127. The highest BCUT2D eigenvalue weighted by Crippen LogP contribution is 2.36. The largest absolute Gasteiger partial charge is 0.489 e. The molecule has 0 aliphatic rings. The zero-order valence-corrected chi connectivity index (χ0v) is 9.14. The number of halogens is 3. The van der Waals surface area contributed by atoms with Gasteiger partial charge in [-0.2, -0.15) is 13.2 Å². The van der Waals surface area contributed by atoms with Crippen molar-refractivity contribution in [2.75, 3.05) is 13.6 Å². The van der Waals surface area contributed by atoms with Crippen LogP contribution in [-0.4, -0.2) is 19.7 Å². The van der Waals surface area contributed by atoms with Gasteiger partial charge in [0.2, 0.25) is 0 Å². The van der Waals surface area contributed by atoms with E-state index in [-0.39, 0.29) is 11.9 Å². The van der Waals surface area contributed by atoms with Gasteiger partial charge >= 0.3 is 6.18 Å². The predicted octanol–water partition coefficient (Wildman–Crippen LogP) is 2.69. The number of ether oxygens (including phenoxy) is 1. The number of alkyl halides is 3. The molecule has 0 radical (unpaired) electrons. The van der Waals surface area contributed by atoms with Crippen molar-refractivity contribution < 1.29 is 17.9 Å². The van der Waals surface area contributed by atoms with Gasteiger partial charge in [-0.05, 0) is 26.1 Å². The summed E-state index contributed by atoms with van der Waals surface area (Å²) >= 11 is 0. The monoisotopic (exact) mass is 233 g/mol. The van der Waals surface area contributed by atoms with Crippen molar-refractivity contribution >= 4 is 0 Å². The third-order valence-electron chi connectivity index (χ3n) is 2.01. The zero-order chi connectivity index (χ0) is 12.2. The SMILES string of the molecule is CNCC(C)Oc1ccccc1C(F)(F)F. The summed E-state index contributed by atoms with van der Waals surface area (Å²) in [5.41, 5.74) is -0.738. The van der Waals surface area contributed by atoms with Crippen LogP contribution < -0.4 is 10.1 Å². The lowest BCUT2D eigenvalue weighted by Gasteiger charge is -2.18. The fourth-order valence-corrected chi connectivity index (χ4v) is 1.35. The van der Waals surface area contributed by atoms with E-state index in [1.807, 2.05) is 0 Å². The molecule has 90 valence electrons. The molecule has 1 N–H and O–H groups in total. The Kier molecular flexibility index (Phi) is 4.18. The number of hydrogen-bond acceptors (Lipinski definition) is 2. The standard InChI is InChI=1S/C11H14F3NO/c1-8(7-15-2)16-10-6-4-3-5-9(10)11(12,13)14/h3-6,8,15H,7H2,1-2H3. The molecule has 0 saturated heterocycles. The van der Waals surface area contributed by atoms with Crippen molar-refractivity contribution in [3.63, 3.8) is 0 Å². The Morgan fingerprint density at radius 2 is 1.94 bits per heavy atom. The Morgan fingerprint density at radius 3 is 2.50 bits per heavy atom. The van der Waals surface area contributed by atoms with Gasteiger partial charge in [0, 0.05) is 6.54 Å². The highest BCUT2D eigenvalue weighted by Gasteiger charge is 2.34. The van der Waals surface area contributed by atoms with E-state index in [0.717, 1.165) is 6.07 Å². The molecule has 1 unspecified atom stereocenters. The lowest BCUT2D eigenvalue weighted by molar-refractivity contribution is -0.139. The summed E-state index contributed by atoms with van der Waals surface area (Å²) in [6.45, 7) is 2.20. The lowest BCUT2D eigenvalue weighted by atomic mass is 10.2. The maximum Gasteiger partial charge on any atom is 0.419 e. The van der Waals surface area contributed by atoms with E-state index < -0.39 is 11.7 Å². The fourth-order valence-electron chi connectivity index (χ4n) is 1.35. The van der Waals surface area contributed by atoms with E-state index in [4.69, 9.17) is 4.74 Å².